The van der Waals surface area contributed by atoms with Crippen molar-refractivity contribution in [1.29, 1.82) is 0 Å². The molecule has 0 heterocycles. The first-order valence-corrected chi connectivity index (χ1v) is 6.64. The third-order valence-corrected chi connectivity index (χ3v) is 2.99. The van der Waals surface area contributed by atoms with Crippen LogP contribution in [0, 0.1) is 22.9 Å². The van der Waals surface area contributed by atoms with Crippen molar-refractivity contribution in [1.82, 2.24) is 0 Å². The monoisotopic (exact) mass is 298 g/mol. The largest absolute Gasteiger partial charge is 0.465 e. The Kier molecular flexibility index (Phi) is 5.63. The van der Waals surface area contributed by atoms with Crippen molar-refractivity contribution < 1.29 is 18.8 Å². The highest BCUT2D eigenvalue weighted by molar-refractivity contribution is 5.78. The number of carbonyl (C=O) groups is 1. The molecule has 1 aromatic carbocycles. The molecular formula is C14H19FN2O4. The minimum Gasteiger partial charge on any atom is -0.465 e. The van der Waals surface area contributed by atoms with Crippen LogP contribution in [0.1, 0.15) is 26.3 Å². The molecule has 0 bridgehead atoms. The fourth-order valence-electron chi connectivity index (χ4n) is 1.92. The number of benzene rings is 1. The third-order valence-electron chi connectivity index (χ3n) is 2.99. The van der Waals surface area contributed by atoms with Gasteiger partial charge >= 0.3 is 5.97 Å². The second kappa shape index (κ2) is 7.01. The van der Waals surface area contributed by atoms with Crippen molar-refractivity contribution in [2.24, 2.45) is 0 Å². The molecule has 0 aliphatic heterocycles. The van der Waals surface area contributed by atoms with Crippen molar-refractivity contribution in [3.8, 4) is 0 Å². The maximum atomic E-state index is 13.6. The maximum Gasteiger partial charge on any atom is 0.325 e. The molecule has 0 aliphatic rings. The van der Waals surface area contributed by atoms with Crippen LogP contribution in [0.3, 0.4) is 0 Å². The Morgan fingerprint density at radius 1 is 1.48 bits per heavy atom. The van der Waals surface area contributed by atoms with E-state index in [-0.39, 0.29) is 36.1 Å². The highest BCUT2D eigenvalue weighted by atomic mass is 19.1. The van der Waals surface area contributed by atoms with Gasteiger partial charge in [0.1, 0.15) is 18.0 Å². The summed E-state index contributed by atoms with van der Waals surface area (Å²) >= 11 is 0. The summed E-state index contributed by atoms with van der Waals surface area (Å²) in [5, 5.41) is 11.1. The number of esters is 1. The minimum absolute atomic E-state index is 0.128. The van der Waals surface area contributed by atoms with Gasteiger partial charge in [0.25, 0.3) is 5.69 Å². The number of rotatable bonds is 6. The van der Waals surface area contributed by atoms with Gasteiger partial charge in [-0.2, -0.15) is 0 Å². The lowest BCUT2D eigenvalue weighted by Crippen LogP contribution is -2.37. The van der Waals surface area contributed by atoms with Gasteiger partial charge in [-0.05, 0) is 39.3 Å². The Morgan fingerprint density at radius 2 is 2.10 bits per heavy atom. The number of nitrogens with zero attached hydrogens (tertiary/aromatic N) is 2. The molecule has 0 unspecified atom stereocenters. The normalized spacial score (nSPS) is 10.6. The summed E-state index contributed by atoms with van der Waals surface area (Å²) in [6.07, 6.45) is 0. The van der Waals surface area contributed by atoms with E-state index in [4.69, 9.17) is 4.74 Å². The van der Waals surface area contributed by atoms with Crippen LogP contribution in [-0.2, 0) is 9.53 Å². The smallest absolute Gasteiger partial charge is 0.325 e. The van der Waals surface area contributed by atoms with Crippen LogP contribution in [0.15, 0.2) is 12.1 Å². The van der Waals surface area contributed by atoms with Gasteiger partial charge in [0.2, 0.25) is 0 Å². The van der Waals surface area contributed by atoms with Crippen LogP contribution in [0.4, 0.5) is 15.8 Å². The summed E-state index contributed by atoms with van der Waals surface area (Å²) in [5.41, 5.74) is 0.128. The summed E-state index contributed by atoms with van der Waals surface area (Å²) < 4.78 is 18.4. The van der Waals surface area contributed by atoms with Gasteiger partial charge in [0, 0.05) is 6.04 Å². The van der Waals surface area contributed by atoms with Gasteiger partial charge in [-0.3, -0.25) is 14.9 Å². The molecule has 0 saturated carbocycles. The Labute approximate surface area is 122 Å². The zero-order valence-corrected chi connectivity index (χ0v) is 12.6. The Balaban J connectivity index is 3.27. The lowest BCUT2D eigenvalue weighted by Gasteiger charge is -2.27. The van der Waals surface area contributed by atoms with Crippen molar-refractivity contribution in [2.75, 3.05) is 18.1 Å². The standard InChI is InChI=1S/C14H19FN2O4/c1-5-21-14(18)8-16(9(2)3)12-6-10(4)11(15)7-13(12)17(19)20/h6-7,9H,5,8H2,1-4H3. The van der Waals surface area contributed by atoms with E-state index in [1.165, 1.54) is 17.9 Å². The number of hydrogen-bond acceptors (Lipinski definition) is 5. The molecular weight excluding hydrogens is 279 g/mol. The SMILES string of the molecule is CCOC(=O)CN(c1cc(C)c(F)cc1[N+](=O)[O-])C(C)C. The Morgan fingerprint density at radius 3 is 2.57 bits per heavy atom. The van der Waals surface area contributed by atoms with Crippen LogP contribution in [0.5, 0.6) is 0 Å². The molecule has 0 aromatic heterocycles. The summed E-state index contributed by atoms with van der Waals surface area (Å²) in [6, 6.07) is 2.08. The van der Waals surface area contributed by atoms with Gasteiger partial charge in [0.15, 0.2) is 0 Å². The maximum absolute atomic E-state index is 13.6. The molecule has 1 aromatic rings. The zero-order valence-electron chi connectivity index (χ0n) is 12.6. The first-order valence-electron chi connectivity index (χ1n) is 6.64. The zero-order chi connectivity index (χ0) is 16.2. The second-order valence-electron chi connectivity index (χ2n) is 4.87. The van der Waals surface area contributed by atoms with Gasteiger partial charge in [-0.15, -0.1) is 0 Å². The molecule has 7 heteroatoms. The van der Waals surface area contributed by atoms with E-state index in [1.807, 2.05) is 0 Å². The third kappa shape index (κ3) is 4.14. The average Bonchev–Trinajstić information content (AvgIpc) is 2.38. The lowest BCUT2D eigenvalue weighted by atomic mass is 10.1. The van der Waals surface area contributed by atoms with Gasteiger partial charge < -0.3 is 9.64 Å². The molecule has 0 aliphatic carbocycles. The van der Waals surface area contributed by atoms with Crippen molar-refractivity contribution in [3.05, 3.63) is 33.6 Å². The van der Waals surface area contributed by atoms with E-state index in [0.717, 1.165) is 6.07 Å². The Bertz CT molecular complexity index is 546. The molecule has 6 nitrogen and oxygen atoms in total. The lowest BCUT2D eigenvalue weighted by molar-refractivity contribution is -0.384. The molecule has 1 rings (SSSR count). The minimum atomic E-state index is -0.654. The van der Waals surface area contributed by atoms with Gasteiger partial charge in [0.05, 0.1) is 17.6 Å². The first-order chi connectivity index (χ1) is 9.77. The van der Waals surface area contributed by atoms with Crippen LogP contribution < -0.4 is 4.90 Å². The fraction of sp³-hybridized carbons (Fsp3) is 0.500. The molecule has 0 fully saturated rings. The molecule has 0 amide bonds. The number of nitro benzene ring substituents is 1. The predicted octanol–water partition coefficient (Wildman–Crippen LogP) is 2.82. The van der Waals surface area contributed by atoms with E-state index in [2.05, 4.69) is 0 Å². The molecule has 0 saturated heterocycles. The second-order valence-corrected chi connectivity index (χ2v) is 4.87. The number of aryl methyl sites for hydroxylation is 1. The number of ether oxygens (including phenoxy) is 1. The van der Waals surface area contributed by atoms with Crippen molar-refractivity contribution >= 4 is 17.3 Å². The molecule has 0 radical (unpaired) electrons. The predicted molar refractivity (Wildman–Crippen MR) is 76.9 cm³/mol. The van der Waals surface area contributed by atoms with Crippen LogP contribution in [0.25, 0.3) is 0 Å². The highest BCUT2D eigenvalue weighted by Crippen LogP contribution is 2.32. The van der Waals surface area contributed by atoms with Crippen LogP contribution >= 0.6 is 0 Å². The van der Waals surface area contributed by atoms with E-state index < -0.39 is 16.7 Å². The number of anilines is 1. The van der Waals surface area contributed by atoms with E-state index in [0.29, 0.717) is 0 Å². The number of hydrogen-bond donors (Lipinski definition) is 0. The molecule has 0 spiro atoms. The molecule has 21 heavy (non-hydrogen) atoms. The van der Waals surface area contributed by atoms with E-state index >= 15 is 0 Å². The number of nitro groups is 1. The average molecular weight is 298 g/mol. The number of halogens is 1. The van der Waals surface area contributed by atoms with E-state index in [9.17, 15) is 19.3 Å². The van der Waals surface area contributed by atoms with E-state index in [1.54, 1.807) is 20.8 Å². The van der Waals surface area contributed by atoms with Gasteiger partial charge in [-0.1, -0.05) is 0 Å². The molecule has 0 N–H and O–H groups in total. The highest BCUT2D eigenvalue weighted by Gasteiger charge is 2.25. The van der Waals surface area contributed by atoms with Crippen molar-refractivity contribution in [2.45, 2.75) is 33.7 Å². The quantitative estimate of drug-likeness (QED) is 0.459. The number of carbonyl (C=O) groups excluding carboxylic acids is 1. The van der Waals surface area contributed by atoms with Gasteiger partial charge in [-0.25, -0.2) is 4.39 Å². The topological polar surface area (TPSA) is 72.7 Å². The summed E-state index contributed by atoms with van der Waals surface area (Å²) in [5.74, 6) is -1.13. The molecule has 0 atom stereocenters. The summed E-state index contributed by atoms with van der Waals surface area (Å²) in [4.78, 5) is 23.7. The fourth-order valence-corrected chi connectivity index (χ4v) is 1.92. The Hall–Kier alpha value is -2.18. The summed E-state index contributed by atoms with van der Waals surface area (Å²) in [6.45, 7) is 6.89. The van der Waals surface area contributed by atoms with Crippen LogP contribution in [-0.4, -0.2) is 30.1 Å². The molecule has 116 valence electrons. The summed E-state index contributed by atoms with van der Waals surface area (Å²) in [7, 11) is 0. The first kappa shape index (κ1) is 16.9. The van der Waals surface area contributed by atoms with Crippen molar-refractivity contribution in [3.63, 3.8) is 0 Å². The van der Waals surface area contributed by atoms with Crippen LogP contribution in [0.2, 0.25) is 0 Å².